The summed E-state index contributed by atoms with van der Waals surface area (Å²) >= 11 is 3.38. The van der Waals surface area contributed by atoms with Gasteiger partial charge in [0, 0.05) is 10.2 Å². The Morgan fingerprint density at radius 3 is 2.89 bits per heavy atom. The molecule has 0 radical (unpaired) electrons. The van der Waals surface area contributed by atoms with Gasteiger partial charge in [0.25, 0.3) is 0 Å². The molecule has 5 heteroatoms. The van der Waals surface area contributed by atoms with E-state index in [1.807, 2.05) is 31.2 Å². The van der Waals surface area contributed by atoms with Crippen molar-refractivity contribution >= 4 is 27.6 Å². The van der Waals surface area contributed by atoms with Crippen molar-refractivity contribution in [2.75, 3.05) is 5.32 Å². The van der Waals surface area contributed by atoms with Crippen molar-refractivity contribution in [3.05, 3.63) is 52.4 Å². The van der Waals surface area contributed by atoms with E-state index in [1.54, 1.807) is 12.3 Å². The number of carbonyl (C=O) groups excluding carboxylic acids is 1. The van der Waals surface area contributed by atoms with E-state index in [4.69, 9.17) is 4.42 Å². The molecule has 1 aromatic carbocycles. The van der Waals surface area contributed by atoms with Crippen LogP contribution >= 0.6 is 15.9 Å². The third-order valence-corrected chi connectivity index (χ3v) is 2.93. The van der Waals surface area contributed by atoms with Crippen LogP contribution in [-0.4, -0.2) is 6.03 Å². The van der Waals surface area contributed by atoms with E-state index in [-0.39, 0.29) is 6.03 Å². The van der Waals surface area contributed by atoms with Crippen molar-refractivity contribution in [3.63, 3.8) is 0 Å². The van der Waals surface area contributed by atoms with Gasteiger partial charge >= 0.3 is 6.03 Å². The van der Waals surface area contributed by atoms with Gasteiger partial charge in [-0.1, -0.05) is 15.9 Å². The Morgan fingerprint density at radius 2 is 2.22 bits per heavy atom. The van der Waals surface area contributed by atoms with Gasteiger partial charge in [-0.25, -0.2) is 4.79 Å². The largest absolute Gasteiger partial charge is 0.467 e. The van der Waals surface area contributed by atoms with E-state index >= 15 is 0 Å². The average Bonchev–Trinajstić information content (AvgIpc) is 2.83. The Kier molecular flexibility index (Phi) is 4.04. The molecule has 0 saturated heterocycles. The second-order valence-electron chi connectivity index (χ2n) is 3.85. The van der Waals surface area contributed by atoms with Crippen LogP contribution in [0.5, 0.6) is 0 Å². The standard InChI is InChI=1S/C13H13BrN2O2/c1-9-7-10(14)4-5-12(9)16-13(17)15-8-11-3-2-6-18-11/h2-7H,8H2,1H3,(H2,15,16,17). The number of furan rings is 1. The predicted molar refractivity (Wildman–Crippen MR) is 73.4 cm³/mol. The van der Waals surface area contributed by atoms with Crippen LogP contribution in [-0.2, 0) is 6.54 Å². The highest BCUT2D eigenvalue weighted by atomic mass is 79.9. The van der Waals surface area contributed by atoms with E-state index < -0.39 is 0 Å². The second kappa shape index (κ2) is 5.73. The molecule has 0 unspecified atom stereocenters. The SMILES string of the molecule is Cc1cc(Br)ccc1NC(=O)NCc1ccco1. The van der Waals surface area contributed by atoms with Crippen molar-refractivity contribution in [3.8, 4) is 0 Å². The van der Waals surface area contributed by atoms with Gasteiger partial charge in [-0.3, -0.25) is 0 Å². The summed E-state index contributed by atoms with van der Waals surface area (Å²) in [5.74, 6) is 0.720. The second-order valence-corrected chi connectivity index (χ2v) is 4.76. The van der Waals surface area contributed by atoms with Gasteiger partial charge in [0.15, 0.2) is 0 Å². The molecule has 18 heavy (non-hydrogen) atoms. The zero-order valence-electron chi connectivity index (χ0n) is 9.87. The quantitative estimate of drug-likeness (QED) is 0.909. The van der Waals surface area contributed by atoms with E-state index in [9.17, 15) is 4.79 Å². The van der Waals surface area contributed by atoms with Crippen LogP contribution in [0.2, 0.25) is 0 Å². The van der Waals surface area contributed by atoms with E-state index in [2.05, 4.69) is 26.6 Å². The summed E-state index contributed by atoms with van der Waals surface area (Å²) in [6, 6.07) is 9.03. The summed E-state index contributed by atoms with van der Waals surface area (Å²) in [6.45, 7) is 2.31. The summed E-state index contributed by atoms with van der Waals surface area (Å²) in [6.07, 6.45) is 1.58. The topological polar surface area (TPSA) is 54.3 Å². The molecule has 0 aliphatic rings. The number of urea groups is 1. The first-order chi connectivity index (χ1) is 8.65. The molecule has 1 heterocycles. The number of carbonyl (C=O) groups is 1. The highest BCUT2D eigenvalue weighted by Crippen LogP contribution is 2.19. The van der Waals surface area contributed by atoms with Gasteiger partial charge in [0.05, 0.1) is 12.8 Å². The van der Waals surface area contributed by atoms with Gasteiger partial charge in [-0.05, 0) is 42.8 Å². The Labute approximate surface area is 114 Å². The number of amides is 2. The maximum atomic E-state index is 11.7. The summed E-state index contributed by atoms with van der Waals surface area (Å²) in [7, 11) is 0. The first-order valence-electron chi connectivity index (χ1n) is 5.48. The monoisotopic (exact) mass is 308 g/mol. The lowest BCUT2D eigenvalue weighted by Crippen LogP contribution is -2.28. The predicted octanol–water partition coefficient (Wildman–Crippen LogP) is 3.67. The van der Waals surface area contributed by atoms with Crippen LogP contribution in [0.3, 0.4) is 0 Å². The minimum atomic E-state index is -0.253. The van der Waals surface area contributed by atoms with Crippen LogP contribution in [0.4, 0.5) is 10.5 Å². The Balaban J connectivity index is 1.91. The van der Waals surface area contributed by atoms with E-state index in [0.29, 0.717) is 6.54 Å². The molecule has 0 saturated carbocycles. The molecule has 2 rings (SSSR count). The van der Waals surface area contributed by atoms with Gasteiger partial charge in [-0.2, -0.15) is 0 Å². The van der Waals surface area contributed by atoms with E-state index in [0.717, 1.165) is 21.5 Å². The molecule has 2 aromatic rings. The number of benzene rings is 1. The maximum absolute atomic E-state index is 11.7. The average molecular weight is 309 g/mol. The number of rotatable bonds is 3. The molecule has 2 N–H and O–H groups in total. The minimum absolute atomic E-state index is 0.253. The van der Waals surface area contributed by atoms with Crippen molar-refractivity contribution in [1.29, 1.82) is 0 Å². The lowest BCUT2D eigenvalue weighted by Gasteiger charge is -2.09. The van der Waals surface area contributed by atoms with E-state index in [1.165, 1.54) is 0 Å². The fourth-order valence-electron chi connectivity index (χ4n) is 1.51. The number of halogens is 1. The molecule has 0 fully saturated rings. The third kappa shape index (κ3) is 3.37. The molecule has 0 bridgehead atoms. The molecule has 0 atom stereocenters. The number of aryl methyl sites for hydroxylation is 1. The zero-order chi connectivity index (χ0) is 13.0. The normalized spacial score (nSPS) is 10.1. The van der Waals surface area contributed by atoms with Gasteiger partial charge in [-0.15, -0.1) is 0 Å². The Hall–Kier alpha value is -1.75. The number of hydrogen-bond acceptors (Lipinski definition) is 2. The molecule has 0 spiro atoms. The molecular weight excluding hydrogens is 296 g/mol. The summed E-state index contributed by atoms with van der Waals surface area (Å²) < 4.78 is 6.11. The fraction of sp³-hybridized carbons (Fsp3) is 0.154. The van der Waals surface area contributed by atoms with Gasteiger partial charge in [0.1, 0.15) is 5.76 Å². The number of nitrogens with one attached hydrogen (secondary N) is 2. The van der Waals surface area contributed by atoms with Gasteiger partial charge in [0.2, 0.25) is 0 Å². The van der Waals surface area contributed by atoms with Crippen molar-refractivity contribution in [2.24, 2.45) is 0 Å². The highest BCUT2D eigenvalue weighted by molar-refractivity contribution is 9.10. The Morgan fingerprint density at radius 1 is 1.39 bits per heavy atom. The lowest BCUT2D eigenvalue weighted by molar-refractivity contribution is 0.251. The van der Waals surface area contributed by atoms with Crippen LogP contribution in [0.25, 0.3) is 0 Å². The third-order valence-electron chi connectivity index (χ3n) is 2.44. The lowest BCUT2D eigenvalue weighted by atomic mass is 10.2. The molecule has 4 nitrogen and oxygen atoms in total. The molecule has 2 amide bonds. The maximum Gasteiger partial charge on any atom is 0.319 e. The number of hydrogen-bond donors (Lipinski definition) is 2. The summed E-state index contributed by atoms with van der Waals surface area (Å²) in [5.41, 5.74) is 1.78. The minimum Gasteiger partial charge on any atom is -0.467 e. The summed E-state index contributed by atoms with van der Waals surface area (Å²) in [4.78, 5) is 11.7. The number of anilines is 1. The molecule has 94 valence electrons. The molecule has 1 aromatic heterocycles. The summed E-state index contributed by atoms with van der Waals surface area (Å²) in [5, 5.41) is 5.51. The van der Waals surface area contributed by atoms with Crippen LogP contribution in [0.1, 0.15) is 11.3 Å². The molecule has 0 aliphatic carbocycles. The van der Waals surface area contributed by atoms with Crippen molar-refractivity contribution in [2.45, 2.75) is 13.5 Å². The van der Waals surface area contributed by atoms with Crippen LogP contribution in [0, 0.1) is 6.92 Å². The first kappa shape index (κ1) is 12.7. The van der Waals surface area contributed by atoms with Crippen molar-refractivity contribution < 1.29 is 9.21 Å². The zero-order valence-corrected chi connectivity index (χ0v) is 11.5. The van der Waals surface area contributed by atoms with Crippen LogP contribution < -0.4 is 10.6 Å². The molecular formula is C13H13BrN2O2. The first-order valence-corrected chi connectivity index (χ1v) is 6.28. The highest BCUT2D eigenvalue weighted by Gasteiger charge is 2.05. The Bertz CT molecular complexity index is 538. The fourth-order valence-corrected chi connectivity index (χ4v) is 1.99. The smallest absolute Gasteiger partial charge is 0.319 e. The van der Waals surface area contributed by atoms with Crippen molar-refractivity contribution in [1.82, 2.24) is 5.32 Å². The van der Waals surface area contributed by atoms with Gasteiger partial charge < -0.3 is 15.1 Å². The molecule has 0 aliphatic heterocycles. The van der Waals surface area contributed by atoms with Crippen LogP contribution in [0.15, 0.2) is 45.5 Å².